The second kappa shape index (κ2) is 4.43. The van der Waals surface area contributed by atoms with Crippen LogP contribution in [0, 0.1) is 0 Å². The average molecular weight is 301 g/mol. The molecule has 72 valence electrons. The molecule has 0 fully saturated rings. The van der Waals surface area contributed by atoms with E-state index in [1.165, 1.54) is 6.39 Å². The Labute approximate surface area is 95.2 Å². The monoisotopic (exact) mass is 301 g/mol. The van der Waals surface area contributed by atoms with Gasteiger partial charge in [-0.3, -0.25) is 0 Å². The summed E-state index contributed by atoms with van der Waals surface area (Å²) in [5.41, 5.74) is 4.99. The molecule has 1 aromatic carbocycles. The van der Waals surface area contributed by atoms with Gasteiger partial charge in [0.25, 0.3) is 0 Å². The highest BCUT2D eigenvalue weighted by Crippen LogP contribution is 2.20. The molecular formula is C9H8IN3O. The highest BCUT2D eigenvalue weighted by atomic mass is 127. The molecule has 0 bridgehead atoms. The molecule has 5 heteroatoms. The average Bonchev–Trinajstić information content (AvgIpc) is 2.72. The molecule has 0 saturated heterocycles. The van der Waals surface area contributed by atoms with E-state index >= 15 is 0 Å². The van der Waals surface area contributed by atoms with Gasteiger partial charge in [0.15, 0.2) is 12.2 Å². The van der Waals surface area contributed by atoms with E-state index in [-0.39, 0.29) is 0 Å². The van der Waals surface area contributed by atoms with E-state index in [1.54, 1.807) is 6.20 Å². The Balaban J connectivity index is 2.22. The summed E-state index contributed by atoms with van der Waals surface area (Å²) >= 11 is 2.02. The topological polar surface area (TPSA) is 50.1 Å². The zero-order valence-corrected chi connectivity index (χ0v) is 9.36. The first kappa shape index (κ1) is 9.47. The van der Waals surface area contributed by atoms with Gasteiger partial charge in [-0.05, 0) is 24.3 Å². The number of halogens is 1. The van der Waals surface area contributed by atoms with E-state index in [4.69, 9.17) is 4.42 Å². The van der Waals surface area contributed by atoms with Gasteiger partial charge < -0.3 is 9.84 Å². The lowest BCUT2D eigenvalue weighted by Crippen LogP contribution is -2.07. The maximum Gasteiger partial charge on any atom is 0.181 e. The van der Waals surface area contributed by atoms with Crippen molar-refractivity contribution in [3.63, 3.8) is 0 Å². The molecule has 0 radical (unpaired) electrons. The zero-order valence-electron chi connectivity index (χ0n) is 7.20. The first-order valence-electron chi connectivity index (χ1n) is 4.01. The molecule has 0 unspecified atom stereocenters. The fourth-order valence-corrected chi connectivity index (χ4v) is 1.44. The maximum absolute atomic E-state index is 5.17. The van der Waals surface area contributed by atoms with Crippen LogP contribution in [0.3, 0.4) is 0 Å². The number of anilines is 1. The van der Waals surface area contributed by atoms with Gasteiger partial charge in [-0.25, -0.2) is 4.98 Å². The highest BCUT2D eigenvalue weighted by Gasteiger charge is 2.00. The van der Waals surface area contributed by atoms with E-state index < -0.39 is 0 Å². The molecule has 0 atom stereocenters. The van der Waals surface area contributed by atoms with Crippen molar-refractivity contribution >= 4 is 28.6 Å². The van der Waals surface area contributed by atoms with Gasteiger partial charge in [-0.2, -0.15) is 3.64 Å². The van der Waals surface area contributed by atoms with Crippen LogP contribution in [0.5, 0.6) is 0 Å². The molecule has 0 spiro atoms. The van der Waals surface area contributed by atoms with Gasteiger partial charge in [0.2, 0.25) is 0 Å². The number of nitrogens with one attached hydrogen (secondary N) is 2. The number of aromatic nitrogens is 1. The molecule has 0 aliphatic carbocycles. The lowest BCUT2D eigenvalue weighted by Gasteiger charge is -2.02. The SMILES string of the molecule is INNc1ccc(-c2cnco2)cc1. The fraction of sp³-hybridized carbons (Fsp3) is 0. The quantitative estimate of drug-likeness (QED) is 0.520. The van der Waals surface area contributed by atoms with Crippen molar-refractivity contribution < 1.29 is 4.42 Å². The summed E-state index contributed by atoms with van der Waals surface area (Å²) in [6.45, 7) is 0. The van der Waals surface area contributed by atoms with E-state index in [0.29, 0.717) is 0 Å². The van der Waals surface area contributed by atoms with Crippen molar-refractivity contribution in [2.75, 3.05) is 5.43 Å². The number of hydrogen-bond donors (Lipinski definition) is 2. The largest absolute Gasteiger partial charge is 0.444 e. The second-order valence-electron chi connectivity index (χ2n) is 2.66. The van der Waals surface area contributed by atoms with Crippen LogP contribution in [0.1, 0.15) is 0 Å². The smallest absolute Gasteiger partial charge is 0.181 e. The van der Waals surface area contributed by atoms with Crippen LogP contribution in [0.4, 0.5) is 5.69 Å². The second-order valence-corrected chi connectivity index (χ2v) is 3.20. The Morgan fingerprint density at radius 1 is 1.21 bits per heavy atom. The highest BCUT2D eigenvalue weighted by molar-refractivity contribution is 14.1. The van der Waals surface area contributed by atoms with Crippen LogP contribution in [-0.2, 0) is 0 Å². The first-order valence-corrected chi connectivity index (χ1v) is 5.08. The van der Waals surface area contributed by atoms with Crippen LogP contribution in [-0.4, -0.2) is 4.98 Å². The summed E-state index contributed by atoms with van der Waals surface area (Å²) in [7, 11) is 0. The van der Waals surface area contributed by atoms with Crippen molar-refractivity contribution in [1.82, 2.24) is 8.62 Å². The first-order chi connectivity index (χ1) is 6.90. The molecule has 4 nitrogen and oxygen atoms in total. The molecule has 2 rings (SSSR count). The molecule has 0 aliphatic rings. The number of nitrogens with zero attached hydrogens (tertiary/aromatic N) is 1. The van der Waals surface area contributed by atoms with Crippen molar-refractivity contribution in [1.29, 1.82) is 0 Å². The van der Waals surface area contributed by atoms with E-state index in [9.17, 15) is 0 Å². The summed E-state index contributed by atoms with van der Waals surface area (Å²) in [6, 6.07) is 7.86. The Morgan fingerprint density at radius 3 is 2.57 bits per heavy atom. The van der Waals surface area contributed by atoms with Gasteiger partial charge in [0.1, 0.15) is 0 Å². The van der Waals surface area contributed by atoms with Gasteiger partial charge >= 0.3 is 0 Å². The van der Waals surface area contributed by atoms with E-state index in [2.05, 4.69) is 14.0 Å². The van der Waals surface area contributed by atoms with Gasteiger partial charge in [0.05, 0.1) is 6.20 Å². The number of benzene rings is 1. The Hall–Kier alpha value is -1.08. The van der Waals surface area contributed by atoms with Crippen LogP contribution in [0.15, 0.2) is 41.3 Å². The lowest BCUT2D eigenvalue weighted by molar-refractivity contribution is 0.572. The third-order valence-electron chi connectivity index (χ3n) is 1.79. The lowest BCUT2D eigenvalue weighted by atomic mass is 10.2. The molecule has 1 heterocycles. The molecular weight excluding hydrogens is 293 g/mol. The van der Waals surface area contributed by atoms with E-state index in [0.717, 1.165) is 17.0 Å². The van der Waals surface area contributed by atoms with Gasteiger partial charge in [0, 0.05) is 34.1 Å². The normalized spacial score (nSPS) is 10.1. The van der Waals surface area contributed by atoms with Crippen LogP contribution in [0.2, 0.25) is 0 Å². The summed E-state index contributed by atoms with van der Waals surface area (Å²) in [5.74, 6) is 0.777. The Morgan fingerprint density at radius 2 is 2.00 bits per heavy atom. The van der Waals surface area contributed by atoms with Crippen LogP contribution in [0.25, 0.3) is 11.3 Å². The van der Waals surface area contributed by atoms with Crippen molar-refractivity contribution in [3.8, 4) is 11.3 Å². The number of rotatable bonds is 3. The molecule has 0 aliphatic heterocycles. The minimum atomic E-state index is 0.777. The molecule has 2 aromatic rings. The molecule has 1 aromatic heterocycles. The Kier molecular flexibility index (Phi) is 3.00. The van der Waals surface area contributed by atoms with Crippen LogP contribution < -0.4 is 9.06 Å². The number of hydrazine groups is 1. The summed E-state index contributed by atoms with van der Waals surface area (Å²) in [5, 5.41) is 0. The standard InChI is InChI=1S/C9H8IN3O/c10-13-12-8-3-1-7(2-4-8)9-5-11-6-14-9/h1-6,12-13H. The summed E-state index contributed by atoms with van der Waals surface area (Å²) in [6.07, 6.45) is 3.12. The minimum Gasteiger partial charge on any atom is -0.444 e. The third-order valence-corrected chi connectivity index (χ3v) is 2.06. The van der Waals surface area contributed by atoms with Gasteiger partial charge in [-0.15, -0.1) is 0 Å². The summed E-state index contributed by atoms with van der Waals surface area (Å²) in [4.78, 5) is 3.86. The zero-order chi connectivity index (χ0) is 9.80. The van der Waals surface area contributed by atoms with Crippen molar-refractivity contribution in [2.45, 2.75) is 0 Å². The fourth-order valence-electron chi connectivity index (χ4n) is 1.13. The van der Waals surface area contributed by atoms with Crippen LogP contribution >= 0.6 is 22.9 Å². The van der Waals surface area contributed by atoms with Crippen molar-refractivity contribution in [2.24, 2.45) is 0 Å². The van der Waals surface area contributed by atoms with Gasteiger partial charge in [-0.1, -0.05) is 0 Å². The summed E-state index contributed by atoms with van der Waals surface area (Å²) < 4.78 is 7.99. The Bertz CT molecular complexity index is 385. The van der Waals surface area contributed by atoms with E-state index in [1.807, 2.05) is 47.1 Å². The molecule has 0 saturated carbocycles. The third kappa shape index (κ3) is 2.05. The number of hydrogen-bond acceptors (Lipinski definition) is 4. The maximum atomic E-state index is 5.17. The number of oxazole rings is 1. The molecule has 0 amide bonds. The minimum absolute atomic E-state index is 0.777. The predicted octanol–water partition coefficient (Wildman–Crippen LogP) is 2.61. The van der Waals surface area contributed by atoms with Crippen molar-refractivity contribution in [3.05, 3.63) is 36.9 Å². The molecule has 2 N–H and O–H groups in total. The molecule has 14 heavy (non-hydrogen) atoms. The predicted molar refractivity (Wildman–Crippen MR) is 62.7 cm³/mol.